The van der Waals surface area contributed by atoms with Crippen molar-refractivity contribution >= 4 is 17.9 Å². The molecule has 0 aromatic heterocycles. The summed E-state index contributed by atoms with van der Waals surface area (Å²) in [5.41, 5.74) is 0. The zero-order chi connectivity index (χ0) is 52.9. The van der Waals surface area contributed by atoms with Crippen LogP contribution in [0.15, 0.2) is 146 Å². The summed E-state index contributed by atoms with van der Waals surface area (Å²) in [7, 11) is 0. The highest BCUT2D eigenvalue weighted by Gasteiger charge is 2.19. The Balaban J connectivity index is 4.65. The molecule has 0 rings (SSSR count). The van der Waals surface area contributed by atoms with Crippen molar-refractivity contribution in [1.29, 1.82) is 0 Å². The molecule has 73 heavy (non-hydrogen) atoms. The van der Waals surface area contributed by atoms with Gasteiger partial charge in [-0.1, -0.05) is 231 Å². The van der Waals surface area contributed by atoms with Crippen molar-refractivity contribution in [3.05, 3.63) is 146 Å². The molecule has 6 heteroatoms. The van der Waals surface area contributed by atoms with E-state index in [-0.39, 0.29) is 38.0 Å². The summed E-state index contributed by atoms with van der Waals surface area (Å²) in [4.78, 5) is 38.1. The van der Waals surface area contributed by atoms with E-state index in [2.05, 4.69) is 154 Å². The van der Waals surface area contributed by atoms with E-state index in [9.17, 15) is 14.4 Å². The van der Waals surface area contributed by atoms with Crippen LogP contribution in [0.5, 0.6) is 0 Å². The maximum absolute atomic E-state index is 12.8. The van der Waals surface area contributed by atoms with E-state index in [0.717, 1.165) is 89.9 Å². The lowest BCUT2D eigenvalue weighted by molar-refractivity contribution is -0.166. The first-order chi connectivity index (χ1) is 36.0. The minimum atomic E-state index is -0.855. The van der Waals surface area contributed by atoms with Gasteiger partial charge in [0.15, 0.2) is 6.10 Å². The first-order valence-corrected chi connectivity index (χ1v) is 29.3. The van der Waals surface area contributed by atoms with Crippen LogP contribution in [-0.4, -0.2) is 37.2 Å². The second-order valence-electron chi connectivity index (χ2n) is 18.8. The first-order valence-electron chi connectivity index (χ1n) is 29.3. The Bertz CT molecular complexity index is 1630. The second-order valence-corrected chi connectivity index (χ2v) is 18.8. The maximum atomic E-state index is 12.8. The minimum Gasteiger partial charge on any atom is -0.462 e. The Hall–Kier alpha value is -4.71. The van der Waals surface area contributed by atoms with Crippen LogP contribution >= 0.6 is 0 Å². The summed E-state index contributed by atoms with van der Waals surface area (Å²) in [5, 5.41) is 0. The molecule has 0 aliphatic heterocycles. The molecule has 1 atom stereocenters. The molecule has 410 valence electrons. The molecule has 0 spiro atoms. The molecule has 0 heterocycles. The largest absolute Gasteiger partial charge is 0.462 e. The Labute approximate surface area is 448 Å². The molecule has 0 unspecified atom stereocenters. The zero-order valence-electron chi connectivity index (χ0n) is 46.8. The average molecular weight is 1010 g/mol. The summed E-state index contributed by atoms with van der Waals surface area (Å²) < 4.78 is 16.7. The van der Waals surface area contributed by atoms with Gasteiger partial charge in [0, 0.05) is 19.3 Å². The van der Waals surface area contributed by atoms with Crippen molar-refractivity contribution in [1.82, 2.24) is 0 Å². The highest BCUT2D eigenvalue weighted by Crippen LogP contribution is 2.11. The van der Waals surface area contributed by atoms with E-state index < -0.39 is 12.1 Å². The van der Waals surface area contributed by atoms with Crippen LogP contribution in [0.25, 0.3) is 0 Å². The predicted octanol–water partition coefficient (Wildman–Crippen LogP) is 20.0. The van der Waals surface area contributed by atoms with Gasteiger partial charge in [-0.2, -0.15) is 0 Å². The van der Waals surface area contributed by atoms with Gasteiger partial charge in [-0.25, -0.2) is 0 Å². The van der Waals surface area contributed by atoms with Gasteiger partial charge in [0.25, 0.3) is 0 Å². The topological polar surface area (TPSA) is 78.9 Å². The minimum absolute atomic E-state index is 0.143. The number of rotatable bonds is 51. The first kappa shape index (κ1) is 68.3. The smallest absolute Gasteiger partial charge is 0.306 e. The number of carbonyl (C=O) groups is 3. The van der Waals surface area contributed by atoms with E-state index >= 15 is 0 Å². The molecule has 0 aliphatic carbocycles. The summed E-state index contributed by atoms with van der Waals surface area (Å²) in [5.74, 6) is -1.12. The third-order valence-corrected chi connectivity index (χ3v) is 11.8. The highest BCUT2D eigenvalue weighted by atomic mass is 16.6. The van der Waals surface area contributed by atoms with Gasteiger partial charge in [-0.05, 0) is 135 Å². The van der Waals surface area contributed by atoms with Crippen molar-refractivity contribution < 1.29 is 28.6 Å². The van der Waals surface area contributed by atoms with Gasteiger partial charge in [0.05, 0.1) is 0 Å². The molecule has 0 bridgehead atoms. The number of ether oxygens (including phenoxy) is 3. The SMILES string of the molecule is CCCCC/C=C\C/C=C\C/C=C\C/C=C\C/C=C\CCC(=O)OC[C@H](COC(=O)CCCCC/C=C\C/C=C\C/C=C\C/C=C\CCCCC)OC(=O)CCC/C=C\C/C=C\C/C=C\CCCCCCCC. The summed E-state index contributed by atoms with van der Waals surface area (Å²) in [6.45, 7) is 6.43. The van der Waals surface area contributed by atoms with E-state index in [1.54, 1.807) is 0 Å². The lowest BCUT2D eigenvalue weighted by Gasteiger charge is -2.18. The Kier molecular flexibility index (Phi) is 56.0. The number of hydrogen-bond donors (Lipinski definition) is 0. The van der Waals surface area contributed by atoms with Gasteiger partial charge < -0.3 is 14.2 Å². The molecule has 0 saturated carbocycles. The number of esters is 3. The van der Waals surface area contributed by atoms with Gasteiger partial charge in [0.1, 0.15) is 13.2 Å². The van der Waals surface area contributed by atoms with Crippen LogP contribution in [0, 0.1) is 0 Å². The number of allylic oxidation sites excluding steroid dienone is 24. The maximum Gasteiger partial charge on any atom is 0.306 e. The molecule has 0 aliphatic rings. The van der Waals surface area contributed by atoms with Crippen molar-refractivity contribution in [3.63, 3.8) is 0 Å². The molecular formula is C67H106O6. The van der Waals surface area contributed by atoms with Gasteiger partial charge >= 0.3 is 17.9 Å². The van der Waals surface area contributed by atoms with E-state index in [1.165, 1.54) is 96.3 Å². The molecule has 0 fully saturated rings. The van der Waals surface area contributed by atoms with Crippen LogP contribution < -0.4 is 0 Å². The quantitative estimate of drug-likeness (QED) is 0.0261. The molecular weight excluding hydrogens is 901 g/mol. The lowest BCUT2D eigenvalue weighted by atomic mass is 10.1. The molecule has 0 saturated heterocycles. The molecule has 0 aromatic carbocycles. The standard InChI is InChI=1S/C67H106O6/c1-4-7-10-13-16-19-22-25-28-31-33-36-38-41-44-47-50-53-56-59-65(68)71-62-64(73-67(70)61-58-55-52-49-46-43-40-35-30-27-24-21-18-15-12-9-6-3)63-72-66(69)60-57-54-51-48-45-42-39-37-34-32-29-26-23-20-17-14-11-8-5-2/h16-17,19-20,25-30,33-34,36-37,40-45,49-50,52-53,64H,4-15,18,21-24,31-32,35,38-39,46-48,51,54-63H2,1-3H3/b19-16-,20-17-,28-25-,29-26-,30-27-,36-33-,37-34-,43-40-,44-41-,45-42-,52-49-,53-50-/t64-/m1/s1. The van der Waals surface area contributed by atoms with E-state index in [4.69, 9.17) is 14.2 Å². The highest BCUT2D eigenvalue weighted by molar-refractivity contribution is 5.71. The Morgan fingerprint density at radius 2 is 0.534 bits per heavy atom. The van der Waals surface area contributed by atoms with Crippen molar-refractivity contribution in [2.24, 2.45) is 0 Å². The van der Waals surface area contributed by atoms with Crippen LogP contribution in [0.2, 0.25) is 0 Å². The van der Waals surface area contributed by atoms with Crippen LogP contribution in [-0.2, 0) is 28.6 Å². The van der Waals surface area contributed by atoms with Gasteiger partial charge in [-0.3, -0.25) is 14.4 Å². The monoisotopic (exact) mass is 1010 g/mol. The second kappa shape index (κ2) is 59.8. The summed E-state index contributed by atoms with van der Waals surface area (Å²) in [6.07, 6.45) is 85.7. The van der Waals surface area contributed by atoms with Crippen molar-refractivity contribution in [2.75, 3.05) is 13.2 Å². The van der Waals surface area contributed by atoms with E-state index in [0.29, 0.717) is 19.3 Å². The van der Waals surface area contributed by atoms with Crippen LogP contribution in [0.3, 0.4) is 0 Å². The lowest BCUT2D eigenvalue weighted by Crippen LogP contribution is -2.30. The van der Waals surface area contributed by atoms with Gasteiger partial charge in [0.2, 0.25) is 0 Å². The molecule has 0 amide bonds. The van der Waals surface area contributed by atoms with Crippen molar-refractivity contribution in [2.45, 2.75) is 245 Å². The summed E-state index contributed by atoms with van der Waals surface area (Å²) >= 11 is 0. The normalized spacial score (nSPS) is 13.2. The summed E-state index contributed by atoms with van der Waals surface area (Å²) in [6, 6.07) is 0. The molecule has 0 radical (unpaired) electrons. The third kappa shape index (κ3) is 58.1. The Morgan fingerprint density at radius 1 is 0.274 bits per heavy atom. The molecule has 6 nitrogen and oxygen atoms in total. The molecule has 0 N–H and O–H groups in total. The number of carbonyl (C=O) groups excluding carboxylic acids is 3. The number of unbranched alkanes of at least 4 members (excludes halogenated alkanes) is 16. The van der Waals surface area contributed by atoms with Crippen LogP contribution in [0.4, 0.5) is 0 Å². The fourth-order valence-electron chi connectivity index (χ4n) is 7.36. The Morgan fingerprint density at radius 3 is 0.918 bits per heavy atom. The van der Waals surface area contributed by atoms with Crippen molar-refractivity contribution in [3.8, 4) is 0 Å². The molecule has 0 aromatic rings. The number of hydrogen-bond acceptors (Lipinski definition) is 6. The van der Waals surface area contributed by atoms with Gasteiger partial charge in [-0.15, -0.1) is 0 Å². The van der Waals surface area contributed by atoms with E-state index in [1.807, 2.05) is 12.2 Å². The fourth-order valence-corrected chi connectivity index (χ4v) is 7.36. The zero-order valence-corrected chi connectivity index (χ0v) is 46.8. The van der Waals surface area contributed by atoms with Crippen LogP contribution in [0.1, 0.15) is 239 Å². The fraction of sp³-hybridized carbons (Fsp3) is 0.597. The third-order valence-electron chi connectivity index (χ3n) is 11.8. The average Bonchev–Trinajstić information content (AvgIpc) is 3.39. The predicted molar refractivity (Wildman–Crippen MR) is 315 cm³/mol.